The van der Waals surface area contributed by atoms with Crippen LogP contribution in [0.2, 0.25) is 0 Å². The molecule has 1 saturated heterocycles. The molecule has 158 valence electrons. The molecule has 1 atom stereocenters. The van der Waals surface area contributed by atoms with Crippen LogP contribution in [0.25, 0.3) is 5.69 Å². The molecule has 1 unspecified atom stereocenters. The average Bonchev–Trinajstić information content (AvgIpc) is 3.02. The number of carbonyl (C=O) groups is 1. The topological polar surface area (TPSA) is 84.3 Å². The summed E-state index contributed by atoms with van der Waals surface area (Å²) in [5.41, 5.74) is -0.00670. The van der Waals surface area contributed by atoms with E-state index in [4.69, 9.17) is 0 Å². The molecule has 7 nitrogen and oxygen atoms in total. The van der Waals surface area contributed by atoms with Gasteiger partial charge in [0.05, 0.1) is 35.0 Å². The zero-order chi connectivity index (χ0) is 21.4. The molecule has 3 rings (SSSR count). The second-order valence-corrected chi connectivity index (χ2v) is 9.02. The molecule has 1 fully saturated rings. The molecule has 0 saturated carbocycles. The zero-order valence-electron chi connectivity index (χ0n) is 15.9. The van der Waals surface area contributed by atoms with Crippen molar-refractivity contribution in [2.45, 2.75) is 32.0 Å². The summed E-state index contributed by atoms with van der Waals surface area (Å²) in [6.45, 7) is 2.19. The number of amides is 1. The molecular weight excluding hydrogens is 409 g/mol. The Balaban J connectivity index is 1.78. The molecule has 2 heterocycles. The van der Waals surface area contributed by atoms with Gasteiger partial charge >= 0.3 is 6.18 Å². The number of alkyl halides is 3. The number of carbonyl (C=O) groups excluding carboxylic acids is 1. The largest absolute Gasteiger partial charge is 0.416 e. The van der Waals surface area contributed by atoms with E-state index in [1.807, 2.05) is 0 Å². The molecule has 1 aliphatic rings. The number of aromatic nitrogens is 2. The number of nitrogens with zero attached hydrogens (tertiary/aromatic N) is 3. The van der Waals surface area contributed by atoms with Crippen LogP contribution in [0.1, 0.15) is 34.5 Å². The van der Waals surface area contributed by atoms with Gasteiger partial charge in [-0.25, -0.2) is 17.4 Å². The Kier molecular flexibility index (Phi) is 5.72. The van der Waals surface area contributed by atoms with Crippen molar-refractivity contribution < 1.29 is 26.4 Å². The minimum Gasteiger partial charge on any atom is -0.348 e. The van der Waals surface area contributed by atoms with Crippen LogP contribution in [0.4, 0.5) is 13.2 Å². The second kappa shape index (κ2) is 7.79. The summed E-state index contributed by atoms with van der Waals surface area (Å²) < 4.78 is 64.9. The van der Waals surface area contributed by atoms with Gasteiger partial charge in [-0.05, 0) is 38.0 Å². The Morgan fingerprint density at radius 2 is 2.03 bits per heavy atom. The third kappa shape index (κ3) is 4.78. The van der Waals surface area contributed by atoms with Gasteiger partial charge in [-0.3, -0.25) is 4.79 Å². The highest BCUT2D eigenvalue weighted by Gasteiger charge is 2.31. The van der Waals surface area contributed by atoms with Crippen LogP contribution in [-0.2, 0) is 16.2 Å². The number of hydrogen-bond donors (Lipinski definition) is 1. The van der Waals surface area contributed by atoms with Crippen LogP contribution >= 0.6 is 0 Å². The van der Waals surface area contributed by atoms with Crippen molar-refractivity contribution in [3.05, 3.63) is 47.3 Å². The molecule has 29 heavy (non-hydrogen) atoms. The van der Waals surface area contributed by atoms with Crippen LogP contribution in [-0.4, -0.2) is 53.8 Å². The first-order valence-corrected chi connectivity index (χ1v) is 10.8. The number of benzene rings is 1. The lowest BCUT2D eigenvalue weighted by molar-refractivity contribution is -0.137. The van der Waals surface area contributed by atoms with Gasteiger partial charge in [-0.1, -0.05) is 6.07 Å². The predicted molar refractivity (Wildman–Crippen MR) is 100 cm³/mol. The molecule has 0 radical (unpaired) electrons. The molecule has 0 aliphatic carbocycles. The number of nitrogens with one attached hydrogen (secondary N) is 1. The van der Waals surface area contributed by atoms with E-state index in [0.717, 1.165) is 18.4 Å². The highest BCUT2D eigenvalue weighted by Crippen LogP contribution is 2.30. The quantitative estimate of drug-likeness (QED) is 0.807. The Morgan fingerprint density at radius 3 is 2.69 bits per heavy atom. The van der Waals surface area contributed by atoms with Crippen LogP contribution in [0, 0.1) is 6.92 Å². The van der Waals surface area contributed by atoms with E-state index >= 15 is 0 Å². The van der Waals surface area contributed by atoms with E-state index in [9.17, 15) is 26.4 Å². The van der Waals surface area contributed by atoms with E-state index in [-0.39, 0.29) is 23.8 Å². The summed E-state index contributed by atoms with van der Waals surface area (Å²) in [7, 11) is -3.34. The van der Waals surface area contributed by atoms with Gasteiger partial charge in [0.25, 0.3) is 5.91 Å². The fraction of sp³-hybridized carbons (Fsp3) is 0.444. The Labute approximate surface area is 166 Å². The van der Waals surface area contributed by atoms with Crippen molar-refractivity contribution in [1.82, 2.24) is 19.4 Å². The molecule has 2 aromatic rings. The van der Waals surface area contributed by atoms with E-state index in [0.29, 0.717) is 25.1 Å². The smallest absolute Gasteiger partial charge is 0.348 e. The first-order chi connectivity index (χ1) is 13.5. The number of piperidine rings is 1. The zero-order valence-corrected chi connectivity index (χ0v) is 16.7. The maximum Gasteiger partial charge on any atom is 0.416 e. The Bertz CT molecular complexity index is 1020. The van der Waals surface area contributed by atoms with Gasteiger partial charge in [0.1, 0.15) is 0 Å². The molecule has 0 spiro atoms. The third-order valence-corrected chi connectivity index (χ3v) is 6.13. The van der Waals surface area contributed by atoms with Gasteiger partial charge in [-0.2, -0.15) is 18.3 Å². The van der Waals surface area contributed by atoms with Gasteiger partial charge in [-0.15, -0.1) is 0 Å². The standard InChI is InChI=1S/C18H21F3N4O3S/c1-12-16(17(26)23-14-6-4-8-24(11-14)29(2,27)28)10-22-25(12)15-7-3-5-13(9-15)18(19,20)21/h3,5,7,9-10,14H,4,6,8,11H2,1-2H3,(H,23,26). The normalized spacial score (nSPS) is 18.6. The fourth-order valence-electron chi connectivity index (χ4n) is 3.33. The first-order valence-electron chi connectivity index (χ1n) is 8.95. The lowest BCUT2D eigenvalue weighted by Gasteiger charge is -2.31. The number of hydrogen-bond acceptors (Lipinski definition) is 4. The van der Waals surface area contributed by atoms with Crippen LogP contribution in [0.3, 0.4) is 0 Å². The molecular formula is C18H21F3N4O3S. The van der Waals surface area contributed by atoms with Crippen molar-refractivity contribution >= 4 is 15.9 Å². The molecule has 1 aromatic carbocycles. The van der Waals surface area contributed by atoms with Crippen LogP contribution in [0.5, 0.6) is 0 Å². The van der Waals surface area contributed by atoms with Crippen molar-refractivity contribution in [2.24, 2.45) is 0 Å². The summed E-state index contributed by atoms with van der Waals surface area (Å²) in [6, 6.07) is 4.34. The third-order valence-electron chi connectivity index (χ3n) is 4.86. The Morgan fingerprint density at radius 1 is 1.31 bits per heavy atom. The van der Waals surface area contributed by atoms with E-state index in [1.165, 1.54) is 27.3 Å². The van der Waals surface area contributed by atoms with Crippen molar-refractivity contribution in [2.75, 3.05) is 19.3 Å². The van der Waals surface area contributed by atoms with E-state index < -0.39 is 27.7 Å². The van der Waals surface area contributed by atoms with Gasteiger partial charge < -0.3 is 5.32 Å². The SMILES string of the molecule is Cc1c(C(=O)NC2CCCN(S(C)(=O)=O)C2)cnn1-c1cccc(C(F)(F)F)c1. The second-order valence-electron chi connectivity index (χ2n) is 7.04. The number of rotatable bonds is 4. The average molecular weight is 430 g/mol. The molecule has 1 amide bonds. The summed E-state index contributed by atoms with van der Waals surface area (Å²) in [5, 5.41) is 6.86. The highest BCUT2D eigenvalue weighted by atomic mass is 32.2. The first kappa shape index (κ1) is 21.3. The minimum absolute atomic E-state index is 0.186. The van der Waals surface area contributed by atoms with Crippen LogP contribution in [0.15, 0.2) is 30.5 Å². The summed E-state index contributed by atoms with van der Waals surface area (Å²) in [4.78, 5) is 12.6. The van der Waals surface area contributed by atoms with Crippen molar-refractivity contribution in [3.8, 4) is 5.69 Å². The van der Waals surface area contributed by atoms with Gasteiger partial charge in [0.15, 0.2) is 0 Å². The van der Waals surface area contributed by atoms with Crippen molar-refractivity contribution in [1.29, 1.82) is 0 Å². The lowest BCUT2D eigenvalue weighted by Crippen LogP contribution is -2.49. The molecule has 11 heteroatoms. The highest BCUT2D eigenvalue weighted by molar-refractivity contribution is 7.88. The summed E-state index contributed by atoms with van der Waals surface area (Å²) in [6.07, 6.45) is -0.800. The van der Waals surface area contributed by atoms with E-state index in [1.54, 1.807) is 6.92 Å². The van der Waals surface area contributed by atoms with E-state index in [2.05, 4.69) is 10.4 Å². The molecule has 1 aliphatic heterocycles. The predicted octanol–water partition coefficient (Wildman–Crippen LogP) is 2.35. The Hall–Kier alpha value is -2.40. The van der Waals surface area contributed by atoms with Gasteiger partial charge in [0, 0.05) is 19.1 Å². The van der Waals surface area contributed by atoms with Crippen molar-refractivity contribution in [3.63, 3.8) is 0 Å². The number of sulfonamides is 1. The molecule has 1 N–H and O–H groups in total. The maximum absolute atomic E-state index is 13.0. The van der Waals surface area contributed by atoms with Crippen LogP contribution < -0.4 is 5.32 Å². The lowest BCUT2D eigenvalue weighted by atomic mass is 10.1. The monoisotopic (exact) mass is 430 g/mol. The summed E-state index contributed by atoms with van der Waals surface area (Å²) in [5.74, 6) is -0.443. The molecule has 1 aromatic heterocycles. The van der Waals surface area contributed by atoms with Gasteiger partial charge in [0.2, 0.25) is 10.0 Å². The summed E-state index contributed by atoms with van der Waals surface area (Å²) >= 11 is 0. The number of halogens is 3. The molecule has 0 bridgehead atoms. The minimum atomic E-state index is -4.48. The maximum atomic E-state index is 13.0. The fourth-order valence-corrected chi connectivity index (χ4v) is 4.24.